The number of hydrogen-bond acceptors (Lipinski definition) is 4. The van der Waals surface area contributed by atoms with E-state index in [0.29, 0.717) is 5.69 Å². The van der Waals surface area contributed by atoms with Gasteiger partial charge in [-0.05, 0) is 25.2 Å². The molecule has 1 fully saturated rings. The van der Waals surface area contributed by atoms with Crippen molar-refractivity contribution < 1.29 is 9.18 Å². The number of anilines is 1. The number of carbonyl (C=O) groups excluding carboxylic acids is 1. The van der Waals surface area contributed by atoms with Crippen molar-refractivity contribution in [3.05, 3.63) is 29.0 Å². The van der Waals surface area contributed by atoms with E-state index in [-0.39, 0.29) is 10.0 Å². The molecule has 0 unspecified atom stereocenters. The van der Waals surface area contributed by atoms with Gasteiger partial charge in [0.05, 0.1) is 5.02 Å². The predicted octanol–water partition coefficient (Wildman–Crippen LogP) is 1.50. The van der Waals surface area contributed by atoms with Crippen molar-refractivity contribution in [3.63, 3.8) is 0 Å². The van der Waals surface area contributed by atoms with Gasteiger partial charge in [-0.1, -0.05) is 23.8 Å². The van der Waals surface area contributed by atoms with Crippen molar-refractivity contribution in [1.29, 1.82) is 0 Å². The van der Waals surface area contributed by atoms with E-state index in [4.69, 9.17) is 23.8 Å². The summed E-state index contributed by atoms with van der Waals surface area (Å²) in [7, 11) is 2.04. The van der Waals surface area contributed by atoms with Crippen molar-refractivity contribution in [2.24, 2.45) is 0 Å². The first-order chi connectivity index (χ1) is 9.95. The molecule has 21 heavy (non-hydrogen) atoms. The maximum Gasteiger partial charge on any atom is 0.284 e. The van der Waals surface area contributed by atoms with Gasteiger partial charge in [-0.25, -0.2) is 9.40 Å². The predicted molar refractivity (Wildman–Crippen MR) is 84.8 cm³/mol. The number of hydrazine groups is 1. The summed E-state index contributed by atoms with van der Waals surface area (Å²) in [5.74, 6) is -0.987. The third kappa shape index (κ3) is 4.60. The summed E-state index contributed by atoms with van der Waals surface area (Å²) in [6, 6.07) is 3.96. The molecule has 0 radical (unpaired) electrons. The molecule has 1 aromatic rings. The molecule has 1 aliphatic heterocycles. The SMILES string of the molecule is CN1CCN(NC(=S)C(=O)Nc2ccc(F)c(Cl)c2)CC1. The summed E-state index contributed by atoms with van der Waals surface area (Å²) >= 11 is 10.7. The first-order valence-electron chi connectivity index (χ1n) is 6.46. The van der Waals surface area contributed by atoms with E-state index in [2.05, 4.69) is 15.6 Å². The number of carbonyl (C=O) groups is 1. The maximum absolute atomic E-state index is 13.0. The number of hydrogen-bond donors (Lipinski definition) is 2. The van der Waals surface area contributed by atoms with Crippen molar-refractivity contribution >= 4 is 40.4 Å². The molecule has 1 aromatic carbocycles. The highest BCUT2D eigenvalue weighted by Gasteiger charge is 2.17. The zero-order chi connectivity index (χ0) is 15.4. The van der Waals surface area contributed by atoms with Gasteiger partial charge in [-0.2, -0.15) is 0 Å². The molecule has 2 N–H and O–H groups in total. The topological polar surface area (TPSA) is 47.6 Å². The van der Waals surface area contributed by atoms with Crippen LogP contribution in [0.4, 0.5) is 10.1 Å². The van der Waals surface area contributed by atoms with Gasteiger partial charge in [0.25, 0.3) is 5.91 Å². The van der Waals surface area contributed by atoms with Crippen LogP contribution in [-0.2, 0) is 4.79 Å². The number of likely N-dealkylation sites (N-methyl/N-ethyl adjacent to an activating group) is 1. The Balaban J connectivity index is 1.87. The highest BCUT2D eigenvalue weighted by molar-refractivity contribution is 7.82. The number of halogens is 2. The van der Waals surface area contributed by atoms with Crippen LogP contribution in [0.2, 0.25) is 5.02 Å². The van der Waals surface area contributed by atoms with Gasteiger partial charge in [0.1, 0.15) is 5.82 Å². The van der Waals surface area contributed by atoms with Crippen LogP contribution < -0.4 is 10.7 Å². The third-order valence-corrected chi connectivity index (χ3v) is 3.71. The minimum absolute atomic E-state index is 0.0502. The summed E-state index contributed by atoms with van der Waals surface area (Å²) in [5, 5.41) is 4.43. The van der Waals surface area contributed by atoms with Crippen LogP contribution >= 0.6 is 23.8 Å². The van der Waals surface area contributed by atoms with Gasteiger partial charge in [-0.3, -0.25) is 4.79 Å². The molecular weight excluding hydrogens is 315 g/mol. The minimum Gasteiger partial charge on any atom is -0.320 e. The number of benzene rings is 1. The van der Waals surface area contributed by atoms with E-state index in [9.17, 15) is 9.18 Å². The first-order valence-corrected chi connectivity index (χ1v) is 7.25. The molecule has 0 atom stereocenters. The van der Waals surface area contributed by atoms with Crippen LogP contribution in [0.3, 0.4) is 0 Å². The Labute approximate surface area is 133 Å². The zero-order valence-corrected chi connectivity index (χ0v) is 13.1. The van der Waals surface area contributed by atoms with E-state index in [0.717, 1.165) is 26.2 Å². The molecule has 5 nitrogen and oxygen atoms in total. The van der Waals surface area contributed by atoms with E-state index in [1.165, 1.54) is 18.2 Å². The third-order valence-electron chi connectivity index (χ3n) is 3.15. The molecule has 0 aliphatic carbocycles. The van der Waals surface area contributed by atoms with E-state index in [1.807, 2.05) is 12.1 Å². The van der Waals surface area contributed by atoms with E-state index >= 15 is 0 Å². The first kappa shape index (κ1) is 16.1. The lowest BCUT2D eigenvalue weighted by atomic mass is 10.3. The number of rotatable bonds is 2. The van der Waals surface area contributed by atoms with Gasteiger partial charge >= 0.3 is 0 Å². The molecule has 1 amide bonds. The van der Waals surface area contributed by atoms with Gasteiger partial charge < -0.3 is 15.6 Å². The van der Waals surface area contributed by atoms with E-state index in [1.54, 1.807) is 0 Å². The Morgan fingerprint density at radius 1 is 1.33 bits per heavy atom. The molecular formula is C13H16ClFN4OS. The Morgan fingerprint density at radius 3 is 2.62 bits per heavy atom. The van der Waals surface area contributed by atoms with Crippen molar-refractivity contribution in [2.75, 3.05) is 38.5 Å². The molecule has 0 spiro atoms. The number of nitrogens with one attached hydrogen (secondary N) is 2. The van der Waals surface area contributed by atoms with Crippen molar-refractivity contribution in [2.45, 2.75) is 0 Å². The fraction of sp³-hybridized carbons (Fsp3) is 0.385. The van der Waals surface area contributed by atoms with Crippen LogP contribution in [0.25, 0.3) is 0 Å². The fourth-order valence-corrected chi connectivity index (χ4v) is 2.24. The molecule has 0 saturated carbocycles. The lowest BCUT2D eigenvalue weighted by Crippen LogP contribution is -2.54. The molecule has 114 valence electrons. The molecule has 0 bridgehead atoms. The average Bonchev–Trinajstić information content (AvgIpc) is 2.45. The Hall–Kier alpha value is -1.28. The highest BCUT2D eigenvalue weighted by Crippen LogP contribution is 2.19. The zero-order valence-electron chi connectivity index (χ0n) is 11.5. The van der Waals surface area contributed by atoms with Gasteiger partial charge in [-0.15, -0.1) is 0 Å². The molecule has 2 rings (SSSR count). The summed E-state index contributed by atoms with van der Waals surface area (Å²) in [5.41, 5.74) is 3.30. The minimum atomic E-state index is -0.534. The molecule has 8 heteroatoms. The molecule has 1 heterocycles. The van der Waals surface area contributed by atoms with Gasteiger partial charge in [0.15, 0.2) is 4.99 Å². The molecule has 1 aliphatic rings. The molecule has 0 aromatic heterocycles. The van der Waals surface area contributed by atoms with Crippen LogP contribution in [0.15, 0.2) is 18.2 Å². The Kier molecular flexibility index (Phi) is 5.46. The number of amides is 1. The normalized spacial score (nSPS) is 16.5. The monoisotopic (exact) mass is 330 g/mol. The summed E-state index contributed by atoms with van der Waals surface area (Å²) in [6.07, 6.45) is 0. The highest BCUT2D eigenvalue weighted by atomic mass is 35.5. The second kappa shape index (κ2) is 7.13. The second-order valence-electron chi connectivity index (χ2n) is 4.81. The summed E-state index contributed by atoms with van der Waals surface area (Å²) < 4.78 is 13.0. The lowest BCUT2D eigenvalue weighted by molar-refractivity contribution is -0.110. The summed E-state index contributed by atoms with van der Waals surface area (Å²) in [4.78, 5) is 14.2. The largest absolute Gasteiger partial charge is 0.320 e. The smallest absolute Gasteiger partial charge is 0.284 e. The van der Waals surface area contributed by atoms with Crippen LogP contribution in [-0.4, -0.2) is 54.0 Å². The average molecular weight is 331 g/mol. The number of nitrogens with zero attached hydrogens (tertiary/aromatic N) is 2. The van der Waals surface area contributed by atoms with Crippen LogP contribution in [0.1, 0.15) is 0 Å². The fourth-order valence-electron chi connectivity index (χ4n) is 1.87. The lowest BCUT2D eigenvalue weighted by Gasteiger charge is -2.32. The quantitative estimate of drug-likeness (QED) is 0.805. The summed E-state index contributed by atoms with van der Waals surface area (Å²) in [6.45, 7) is 3.38. The second-order valence-corrected chi connectivity index (χ2v) is 5.63. The molecule has 1 saturated heterocycles. The Morgan fingerprint density at radius 2 is 2.00 bits per heavy atom. The van der Waals surface area contributed by atoms with Crippen LogP contribution in [0, 0.1) is 5.82 Å². The standard InChI is InChI=1S/C13H16ClFN4OS/c1-18-4-6-19(7-5-18)17-13(21)12(20)16-9-2-3-11(15)10(14)8-9/h2-3,8H,4-7H2,1H3,(H,16,20)(H,17,21). The number of thiocarbonyl (C=S) groups is 1. The van der Waals surface area contributed by atoms with Crippen LogP contribution in [0.5, 0.6) is 0 Å². The van der Waals surface area contributed by atoms with E-state index < -0.39 is 11.7 Å². The Bertz CT molecular complexity index is 549. The van der Waals surface area contributed by atoms with Crippen molar-refractivity contribution in [3.8, 4) is 0 Å². The van der Waals surface area contributed by atoms with Gasteiger partial charge in [0.2, 0.25) is 0 Å². The maximum atomic E-state index is 13.0. The van der Waals surface area contributed by atoms with Crippen molar-refractivity contribution in [1.82, 2.24) is 15.3 Å². The number of piperazine rings is 1. The van der Waals surface area contributed by atoms with Gasteiger partial charge in [0, 0.05) is 31.9 Å².